The molecule has 4 nitrogen and oxygen atoms in total. The van der Waals surface area contributed by atoms with E-state index in [1.54, 1.807) is 6.33 Å². The Balaban J connectivity index is 1.94. The van der Waals surface area contributed by atoms with E-state index < -0.39 is 0 Å². The maximum Gasteiger partial charge on any atom is 0.138 e. The van der Waals surface area contributed by atoms with Gasteiger partial charge in [-0.1, -0.05) is 6.92 Å². The van der Waals surface area contributed by atoms with Gasteiger partial charge in [0.2, 0.25) is 0 Å². The van der Waals surface area contributed by atoms with Gasteiger partial charge in [0.05, 0.1) is 0 Å². The molecule has 16 heavy (non-hydrogen) atoms. The highest BCUT2D eigenvalue weighted by Crippen LogP contribution is 2.26. The van der Waals surface area contributed by atoms with Crippen LogP contribution in [0.1, 0.15) is 25.6 Å². The first-order chi connectivity index (χ1) is 7.81. The summed E-state index contributed by atoms with van der Waals surface area (Å²) in [5.41, 5.74) is 6.24. The number of nitrogens with zero attached hydrogens (tertiary/aromatic N) is 3. The lowest BCUT2D eigenvalue weighted by atomic mass is 9.97. The van der Waals surface area contributed by atoms with Crippen LogP contribution >= 0.6 is 11.8 Å². The molecule has 1 saturated heterocycles. The number of nitrogens with two attached hydrogens (primary N) is 1. The van der Waals surface area contributed by atoms with Gasteiger partial charge in [0, 0.05) is 19.0 Å². The minimum atomic E-state index is 0.245. The van der Waals surface area contributed by atoms with Crippen molar-refractivity contribution in [1.29, 1.82) is 0 Å². The Morgan fingerprint density at radius 3 is 3.25 bits per heavy atom. The highest BCUT2D eigenvalue weighted by atomic mass is 32.2. The molecule has 1 aliphatic rings. The van der Waals surface area contributed by atoms with E-state index in [9.17, 15) is 0 Å². The fourth-order valence-corrected chi connectivity index (χ4v) is 3.47. The van der Waals surface area contributed by atoms with Gasteiger partial charge in [-0.2, -0.15) is 16.9 Å². The number of hydrogen-bond acceptors (Lipinski definition) is 4. The van der Waals surface area contributed by atoms with Crippen LogP contribution < -0.4 is 5.73 Å². The zero-order chi connectivity index (χ0) is 11.4. The summed E-state index contributed by atoms with van der Waals surface area (Å²) >= 11 is 2.01. The van der Waals surface area contributed by atoms with Crippen molar-refractivity contribution in [1.82, 2.24) is 14.8 Å². The van der Waals surface area contributed by atoms with Crippen molar-refractivity contribution in [3.05, 3.63) is 12.2 Å². The maximum absolute atomic E-state index is 6.24. The number of rotatable bonds is 5. The Hall–Kier alpha value is -0.550. The van der Waals surface area contributed by atoms with E-state index >= 15 is 0 Å². The van der Waals surface area contributed by atoms with Crippen molar-refractivity contribution < 1.29 is 0 Å². The van der Waals surface area contributed by atoms with Crippen molar-refractivity contribution >= 4 is 11.8 Å². The third-order valence-corrected chi connectivity index (χ3v) is 4.31. The molecule has 1 aromatic rings. The fourth-order valence-electron chi connectivity index (χ4n) is 2.11. The van der Waals surface area contributed by atoms with Gasteiger partial charge in [0.25, 0.3) is 0 Å². The number of aromatic nitrogens is 3. The van der Waals surface area contributed by atoms with Gasteiger partial charge in [-0.15, -0.1) is 0 Å². The molecular weight excluding hydrogens is 220 g/mol. The van der Waals surface area contributed by atoms with Crippen molar-refractivity contribution in [2.24, 2.45) is 11.7 Å². The molecule has 2 N–H and O–H groups in total. The first-order valence-corrected chi connectivity index (χ1v) is 7.16. The minimum Gasteiger partial charge on any atom is -0.327 e. The normalized spacial score (nSPS) is 22.5. The molecule has 0 amide bonds. The molecule has 90 valence electrons. The summed E-state index contributed by atoms with van der Waals surface area (Å²) in [6.45, 7) is 3.10. The van der Waals surface area contributed by atoms with Crippen LogP contribution in [0, 0.1) is 5.92 Å². The fraction of sp³-hybridized carbons (Fsp3) is 0.818. The smallest absolute Gasteiger partial charge is 0.138 e. The minimum absolute atomic E-state index is 0.245. The van der Waals surface area contributed by atoms with E-state index in [1.165, 1.54) is 17.9 Å². The molecule has 0 bridgehead atoms. The summed E-state index contributed by atoms with van der Waals surface area (Å²) in [4.78, 5) is 4.31. The van der Waals surface area contributed by atoms with Crippen LogP contribution in [0.2, 0.25) is 0 Å². The van der Waals surface area contributed by atoms with E-state index in [4.69, 9.17) is 5.73 Å². The van der Waals surface area contributed by atoms with Crippen molar-refractivity contribution in [2.75, 3.05) is 11.5 Å². The van der Waals surface area contributed by atoms with Crippen molar-refractivity contribution in [3.8, 4) is 0 Å². The summed E-state index contributed by atoms with van der Waals surface area (Å²) < 4.78 is 1.99. The predicted octanol–water partition coefficient (Wildman–Crippen LogP) is 1.31. The highest BCUT2D eigenvalue weighted by molar-refractivity contribution is 7.99. The van der Waals surface area contributed by atoms with E-state index in [0.29, 0.717) is 5.92 Å². The van der Waals surface area contributed by atoms with E-state index in [1.807, 2.05) is 16.4 Å². The van der Waals surface area contributed by atoms with Gasteiger partial charge >= 0.3 is 0 Å². The zero-order valence-electron chi connectivity index (χ0n) is 9.80. The third kappa shape index (κ3) is 2.77. The molecule has 0 saturated carbocycles. The molecule has 0 radical (unpaired) electrons. The Morgan fingerprint density at radius 1 is 1.69 bits per heavy atom. The van der Waals surface area contributed by atoms with Crippen LogP contribution in [0.25, 0.3) is 0 Å². The topological polar surface area (TPSA) is 56.7 Å². The quantitative estimate of drug-likeness (QED) is 0.843. The first-order valence-electron chi connectivity index (χ1n) is 6.01. The lowest BCUT2D eigenvalue weighted by Gasteiger charge is -2.17. The van der Waals surface area contributed by atoms with E-state index in [-0.39, 0.29) is 6.04 Å². The lowest BCUT2D eigenvalue weighted by molar-refractivity contribution is 0.440. The number of aryl methyl sites for hydroxylation is 1. The summed E-state index contributed by atoms with van der Waals surface area (Å²) in [6, 6.07) is 0.245. The second-order valence-corrected chi connectivity index (χ2v) is 5.54. The van der Waals surface area contributed by atoms with Crippen molar-refractivity contribution in [3.63, 3.8) is 0 Å². The molecule has 2 heterocycles. The van der Waals surface area contributed by atoms with E-state index in [2.05, 4.69) is 17.0 Å². The van der Waals surface area contributed by atoms with Gasteiger partial charge in [0.1, 0.15) is 12.2 Å². The predicted molar refractivity (Wildman–Crippen MR) is 67.4 cm³/mol. The summed E-state index contributed by atoms with van der Waals surface area (Å²) in [7, 11) is 0. The van der Waals surface area contributed by atoms with Gasteiger partial charge in [0.15, 0.2) is 0 Å². The third-order valence-electron chi connectivity index (χ3n) is 3.12. The standard InChI is InChI=1S/C11H20N4S/c1-2-4-15-11(13-8-14-15)6-10(12)9-3-5-16-7-9/h8-10H,2-7,12H2,1H3. The summed E-state index contributed by atoms with van der Waals surface area (Å²) in [6.07, 6.45) is 4.85. The SMILES string of the molecule is CCCn1ncnc1CC(N)C1CCSC1. The van der Waals surface area contributed by atoms with Gasteiger partial charge < -0.3 is 5.73 Å². The second-order valence-electron chi connectivity index (χ2n) is 4.39. The molecule has 1 aliphatic heterocycles. The van der Waals surface area contributed by atoms with Crippen LogP contribution in [0.3, 0.4) is 0 Å². The Kier molecular flexibility index (Phi) is 4.23. The van der Waals surface area contributed by atoms with Gasteiger partial charge in [-0.05, 0) is 30.3 Å². The lowest BCUT2D eigenvalue weighted by Crippen LogP contribution is -2.33. The molecule has 0 aromatic carbocycles. The molecule has 2 unspecified atom stereocenters. The molecular formula is C11H20N4S. The molecule has 2 atom stereocenters. The Labute approximate surface area is 101 Å². The number of thioether (sulfide) groups is 1. The second kappa shape index (κ2) is 5.68. The molecule has 0 aliphatic carbocycles. The van der Waals surface area contributed by atoms with Crippen LogP contribution in [0.5, 0.6) is 0 Å². The molecule has 1 aromatic heterocycles. The molecule has 2 rings (SSSR count). The zero-order valence-corrected chi connectivity index (χ0v) is 10.6. The van der Waals surface area contributed by atoms with Gasteiger partial charge in [-0.25, -0.2) is 4.98 Å². The molecule has 1 fully saturated rings. The van der Waals surface area contributed by atoms with Crippen LogP contribution in [-0.2, 0) is 13.0 Å². The Morgan fingerprint density at radius 2 is 2.56 bits per heavy atom. The highest BCUT2D eigenvalue weighted by Gasteiger charge is 2.23. The molecule has 5 heteroatoms. The average Bonchev–Trinajstić information content (AvgIpc) is 2.90. The molecule has 0 spiro atoms. The number of hydrogen-bond donors (Lipinski definition) is 1. The maximum atomic E-state index is 6.24. The van der Waals surface area contributed by atoms with E-state index in [0.717, 1.165) is 25.2 Å². The largest absolute Gasteiger partial charge is 0.327 e. The van der Waals surface area contributed by atoms with Crippen LogP contribution in [0.15, 0.2) is 6.33 Å². The van der Waals surface area contributed by atoms with Crippen molar-refractivity contribution in [2.45, 2.75) is 38.8 Å². The van der Waals surface area contributed by atoms with Gasteiger partial charge in [-0.3, -0.25) is 4.68 Å². The average molecular weight is 240 g/mol. The Bertz CT molecular complexity index is 320. The first kappa shape index (κ1) is 11.9. The van der Waals surface area contributed by atoms with Crippen LogP contribution in [0.4, 0.5) is 0 Å². The van der Waals surface area contributed by atoms with Crippen LogP contribution in [-0.4, -0.2) is 32.3 Å². The monoisotopic (exact) mass is 240 g/mol. The summed E-state index contributed by atoms with van der Waals surface area (Å²) in [5.74, 6) is 4.19. The summed E-state index contributed by atoms with van der Waals surface area (Å²) in [5, 5.41) is 4.23.